The van der Waals surface area contributed by atoms with Crippen molar-refractivity contribution in [1.29, 1.82) is 0 Å². The first kappa shape index (κ1) is 19.9. The number of aliphatic imine (C=N–C) groups is 1. The molecule has 0 amide bonds. The van der Waals surface area contributed by atoms with Crippen molar-refractivity contribution < 1.29 is 4.79 Å². The van der Waals surface area contributed by atoms with Gasteiger partial charge in [0.25, 0.3) is 0 Å². The smallest absolute Gasteiger partial charge is 0.166 e. The standard InChI is InChI=1S/C24H27N5O/c1-3-4-23(19-6-5-18-11-22(16-30)28-24(18)12-19)25-9-7-17(2)29-10-8-20(15-29)21-13-26-27-14-21/h4-7,9,11-14,16,20,28H,3,8,10,15H2,1-2H3,(H,26,27)/b17-7+,23-4+,25-9+. The fourth-order valence-electron chi connectivity index (χ4n) is 3.98. The fourth-order valence-corrected chi connectivity index (χ4v) is 3.98. The highest BCUT2D eigenvalue weighted by Crippen LogP contribution is 2.28. The maximum Gasteiger partial charge on any atom is 0.166 e. The van der Waals surface area contributed by atoms with Gasteiger partial charge >= 0.3 is 0 Å². The molecule has 0 bridgehead atoms. The molecule has 6 heteroatoms. The lowest BCUT2D eigenvalue weighted by molar-refractivity contribution is 0.112. The zero-order chi connectivity index (χ0) is 20.9. The second kappa shape index (κ2) is 8.95. The van der Waals surface area contributed by atoms with E-state index in [2.05, 4.69) is 52.1 Å². The number of carbonyl (C=O) groups is 1. The largest absolute Gasteiger partial charge is 0.374 e. The summed E-state index contributed by atoms with van der Waals surface area (Å²) < 4.78 is 0. The molecule has 1 aliphatic rings. The van der Waals surface area contributed by atoms with Crippen LogP contribution in [0, 0.1) is 0 Å². The van der Waals surface area contributed by atoms with Gasteiger partial charge in [-0.25, -0.2) is 0 Å². The summed E-state index contributed by atoms with van der Waals surface area (Å²) in [5, 5.41) is 8.01. The van der Waals surface area contributed by atoms with Crippen molar-refractivity contribution in [2.24, 2.45) is 4.99 Å². The molecule has 154 valence electrons. The average molecular weight is 402 g/mol. The number of H-pyrrole nitrogens is 2. The Morgan fingerprint density at radius 3 is 3.03 bits per heavy atom. The van der Waals surface area contributed by atoms with Crippen molar-refractivity contribution in [2.75, 3.05) is 13.1 Å². The van der Waals surface area contributed by atoms with E-state index < -0.39 is 0 Å². The zero-order valence-electron chi connectivity index (χ0n) is 17.4. The van der Waals surface area contributed by atoms with Crippen LogP contribution in [-0.4, -0.2) is 45.7 Å². The van der Waals surface area contributed by atoms with Gasteiger partial charge in [0, 0.05) is 53.6 Å². The van der Waals surface area contributed by atoms with Gasteiger partial charge in [0.1, 0.15) is 0 Å². The third-order valence-electron chi connectivity index (χ3n) is 5.67. The van der Waals surface area contributed by atoms with Crippen LogP contribution in [0.15, 0.2) is 59.5 Å². The molecule has 30 heavy (non-hydrogen) atoms. The van der Waals surface area contributed by atoms with Gasteiger partial charge in [0.05, 0.1) is 17.6 Å². The number of nitrogens with zero attached hydrogens (tertiary/aromatic N) is 3. The number of hydrogen-bond donors (Lipinski definition) is 2. The predicted octanol–water partition coefficient (Wildman–Crippen LogP) is 4.92. The van der Waals surface area contributed by atoms with Gasteiger partial charge < -0.3 is 9.88 Å². The summed E-state index contributed by atoms with van der Waals surface area (Å²) in [6.45, 7) is 6.30. The van der Waals surface area contributed by atoms with Crippen LogP contribution >= 0.6 is 0 Å². The highest BCUT2D eigenvalue weighted by Gasteiger charge is 2.24. The first-order valence-corrected chi connectivity index (χ1v) is 10.4. The monoisotopic (exact) mass is 401 g/mol. The van der Waals surface area contributed by atoms with Crippen molar-refractivity contribution in [3.8, 4) is 0 Å². The lowest BCUT2D eigenvalue weighted by atomic mass is 10.0. The van der Waals surface area contributed by atoms with E-state index in [0.29, 0.717) is 11.6 Å². The summed E-state index contributed by atoms with van der Waals surface area (Å²) in [7, 11) is 0. The van der Waals surface area contributed by atoms with Gasteiger partial charge in [0.2, 0.25) is 0 Å². The molecule has 3 aromatic rings. The molecular weight excluding hydrogens is 374 g/mol. The van der Waals surface area contributed by atoms with E-state index in [0.717, 1.165) is 54.4 Å². The Bertz CT molecular complexity index is 1100. The molecular formula is C24H27N5O. The molecule has 6 nitrogen and oxygen atoms in total. The zero-order valence-corrected chi connectivity index (χ0v) is 17.4. The second-order valence-electron chi connectivity index (χ2n) is 7.69. The van der Waals surface area contributed by atoms with E-state index in [1.54, 1.807) is 0 Å². The van der Waals surface area contributed by atoms with Gasteiger partial charge in [-0.05, 0) is 43.5 Å². The highest BCUT2D eigenvalue weighted by atomic mass is 16.1. The lowest BCUT2D eigenvalue weighted by Crippen LogP contribution is -2.18. The number of aromatic nitrogens is 3. The number of allylic oxidation sites excluding steroid dienone is 3. The summed E-state index contributed by atoms with van der Waals surface area (Å²) in [5.74, 6) is 0.531. The second-order valence-corrected chi connectivity index (χ2v) is 7.69. The maximum atomic E-state index is 11.0. The normalized spacial score (nSPS) is 18.1. The van der Waals surface area contributed by atoms with Crippen LogP contribution in [0.1, 0.15) is 54.2 Å². The number of benzene rings is 1. The van der Waals surface area contributed by atoms with E-state index in [4.69, 9.17) is 4.99 Å². The van der Waals surface area contributed by atoms with Crippen molar-refractivity contribution >= 4 is 29.1 Å². The van der Waals surface area contributed by atoms with E-state index in [1.807, 2.05) is 36.8 Å². The number of aldehydes is 1. The van der Waals surface area contributed by atoms with Crippen molar-refractivity contribution in [2.45, 2.75) is 32.6 Å². The molecule has 1 atom stereocenters. The lowest BCUT2D eigenvalue weighted by Gasteiger charge is -2.18. The number of fused-ring (bicyclic) bond motifs is 1. The van der Waals surface area contributed by atoms with Gasteiger partial charge in [0.15, 0.2) is 6.29 Å². The quantitative estimate of drug-likeness (QED) is 0.436. The molecule has 1 fully saturated rings. The third-order valence-corrected chi connectivity index (χ3v) is 5.67. The Morgan fingerprint density at radius 1 is 1.37 bits per heavy atom. The number of carbonyl (C=O) groups excluding carboxylic acids is 1. The van der Waals surface area contributed by atoms with Crippen molar-refractivity contribution in [1.82, 2.24) is 20.1 Å². The maximum absolute atomic E-state index is 11.0. The number of likely N-dealkylation sites (tertiary alicyclic amines) is 1. The summed E-state index contributed by atoms with van der Waals surface area (Å²) in [6.07, 6.45) is 12.9. The molecule has 0 saturated carbocycles. The summed E-state index contributed by atoms with van der Waals surface area (Å²) in [4.78, 5) is 21.3. The minimum Gasteiger partial charge on any atom is -0.374 e. The van der Waals surface area contributed by atoms with Gasteiger partial charge in [-0.3, -0.25) is 14.9 Å². The number of nitrogens with one attached hydrogen (secondary N) is 2. The van der Waals surface area contributed by atoms with E-state index in [9.17, 15) is 4.79 Å². The van der Waals surface area contributed by atoms with Crippen LogP contribution in [0.4, 0.5) is 0 Å². The topological polar surface area (TPSA) is 77.1 Å². The molecule has 0 aliphatic carbocycles. The number of hydrogen-bond acceptors (Lipinski definition) is 4. The number of aromatic amines is 2. The van der Waals surface area contributed by atoms with Crippen LogP contribution in [0.5, 0.6) is 0 Å². The third kappa shape index (κ3) is 4.27. The average Bonchev–Trinajstić information content (AvgIpc) is 3.52. The fraction of sp³-hybridized carbons (Fsp3) is 0.292. The van der Waals surface area contributed by atoms with Gasteiger partial charge in [-0.1, -0.05) is 25.1 Å². The van der Waals surface area contributed by atoms with Crippen molar-refractivity contribution in [3.63, 3.8) is 0 Å². The van der Waals surface area contributed by atoms with Crippen LogP contribution in [-0.2, 0) is 0 Å². The summed E-state index contributed by atoms with van der Waals surface area (Å²) in [5.41, 5.74) is 6.00. The predicted molar refractivity (Wildman–Crippen MR) is 122 cm³/mol. The Labute approximate surface area is 176 Å². The van der Waals surface area contributed by atoms with Crippen LogP contribution in [0.25, 0.3) is 16.6 Å². The molecule has 2 aromatic heterocycles. The first-order chi connectivity index (χ1) is 14.7. The number of rotatable bonds is 7. The molecule has 1 saturated heterocycles. The Hall–Kier alpha value is -3.41. The minimum absolute atomic E-state index is 0.531. The Balaban J connectivity index is 1.48. The molecule has 1 aliphatic heterocycles. The van der Waals surface area contributed by atoms with Gasteiger partial charge in [-0.2, -0.15) is 5.10 Å². The molecule has 1 unspecified atom stereocenters. The molecule has 0 radical (unpaired) electrons. The SMILES string of the molecule is CC/C=C(/N=C/C=C(\C)N1CCC(c2cn[nH]c2)C1)c1ccc2cc(C=O)[nH]c2c1. The van der Waals surface area contributed by atoms with E-state index in [1.165, 1.54) is 11.3 Å². The highest BCUT2D eigenvalue weighted by molar-refractivity contribution is 5.90. The first-order valence-electron chi connectivity index (χ1n) is 10.4. The van der Waals surface area contributed by atoms with E-state index in [-0.39, 0.29) is 0 Å². The molecule has 4 rings (SSSR count). The Kier molecular flexibility index (Phi) is 5.93. The van der Waals surface area contributed by atoms with Crippen LogP contribution in [0.3, 0.4) is 0 Å². The van der Waals surface area contributed by atoms with Crippen LogP contribution in [0.2, 0.25) is 0 Å². The summed E-state index contributed by atoms with van der Waals surface area (Å²) in [6, 6.07) is 7.98. The molecule has 2 N–H and O–H groups in total. The van der Waals surface area contributed by atoms with Crippen molar-refractivity contribution in [3.05, 3.63) is 71.3 Å². The van der Waals surface area contributed by atoms with Gasteiger partial charge in [-0.15, -0.1) is 0 Å². The Morgan fingerprint density at radius 2 is 2.27 bits per heavy atom. The molecule has 0 spiro atoms. The molecule has 3 heterocycles. The van der Waals surface area contributed by atoms with Crippen LogP contribution < -0.4 is 0 Å². The summed E-state index contributed by atoms with van der Waals surface area (Å²) >= 11 is 0. The minimum atomic E-state index is 0.531. The van der Waals surface area contributed by atoms with E-state index >= 15 is 0 Å². The molecule has 1 aromatic carbocycles.